The minimum absolute atomic E-state index is 0.269. The standard InChI is InChI=1S/C23H23N3O3/c1-28-20-15-9-8-14-19(20)25-21(27)16-29-26-23(24)22(17-10-4-2-5-11-17)18-12-6-3-7-13-18/h2-15,22H,16H2,1H3,(H2,24,26)(H,25,27). The number of rotatable bonds is 8. The lowest BCUT2D eigenvalue weighted by Gasteiger charge is -2.17. The zero-order valence-electron chi connectivity index (χ0n) is 16.1. The number of benzene rings is 3. The third-order valence-corrected chi connectivity index (χ3v) is 4.31. The topological polar surface area (TPSA) is 85.9 Å². The molecule has 1 amide bonds. The van der Waals surface area contributed by atoms with Crippen molar-refractivity contribution in [3.63, 3.8) is 0 Å². The number of oxime groups is 1. The number of para-hydroxylation sites is 2. The van der Waals surface area contributed by atoms with Crippen molar-refractivity contribution in [2.75, 3.05) is 19.0 Å². The summed E-state index contributed by atoms with van der Waals surface area (Å²) < 4.78 is 5.22. The normalized spacial score (nSPS) is 11.2. The third kappa shape index (κ3) is 5.35. The number of amides is 1. The van der Waals surface area contributed by atoms with Crippen molar-refractivity contribution in [1.82, 2.24) is 0 Å². The lowest BCUT2D eigenvalue weighted by molar-refractivity contribution is -0.120. The highest BCUT2D eigenvalue weighted by molar-refractivity contribution is 5.93. The molecule has 0 atom stereocenters. The largest absolute Gasteiger partial charge is 0.495 e. The quantitative estimate of drug-likeness (QED) is 0.349. The minimum Gasteiger partial charge on any atom is -0.495 e. The van der Waals surface area contributed by atoms with E-state index in [-0.39, 0.29) is 24.3 Å². The van der Waals surface area contributed by atoms with Crippen molar-refractivity contribution in [2.45, 2.75) is 5.92 Å². The van der Waals surface area contributed by atoms with Crippen molar-refractivity contribution < 1.29 is 14.4 Å². The summed E-state index contributed by atoms with van der Waals surface area (Å²) in [6.07, 6.45) is 0. The fourth-order valence-electron chi connectivity index (χ4n) is 2.98. The lowest BCUT2D eigenvalue weighted by Crippen LogP contribution is -2.24. The van der Waals surface area contributed by atoms with Gasteiger partial charge in [0.15, 0.2) is 12.4 Å². The van der Waals surface area contributed by atoms with Gasteiger partial charge < -0.3 is 20.6 Å². The Morgan fingerprint density at radius 3 is 2.07 bits per heavy atom. The summed E-state index contributed by atoms with van der Waals surface area (Å²) in [7, 11) is 1.54. The van der Waals surface area contributed by atoms with Crippen LogP contribution >= 0.6 is 0 Å². The number of nitrogens with one attached hydrogen (secondary N) is 1. The van der Waals surface area contributed by atoms with Crippen LogP contribution in [0.1, 0.15) is 17.0 Å². The molecule has 29 heavy (non-hydrogen) atoms. The smallest absolute Gasteiger partial charge is 0.265 e. The van der Waals surface area contributed by atoms with Gasteiger partial charge in [0.25, 0.3) is 5.91 Å². The van der Waals surface area contributed by atoms with Crippen molar-refractivity contribution in [3.8, 4) is 5.75 Å². The van der Waals surface area contributed by atoms with Crippen LogP contribution in [0.4, 0.5) is 5.69 Å². The summed E-state index contributed by atoms with van der Waals surface area (Å²) in [5.74, 6) is 0.210. The molecule has 0 aliphatic rings. The first kappa shape index (κ1) is 19.9. The molecule has 6 heteroatoms. The van der Waals surface area contributed by atoms with Gasteiger partial charge in [0.05, 0.1) is 18.7 Å². The summed E-state index contributed by atoms with van der Waals surface area (Å²) in [5, 5.41) is 6.73. The van der Waals surface area contributed by atoms with Gasteiger partial charge in [0.2, 0.25) is 0 Å². The Labute approximate surface area is 169 Å². The Hall–Kier alpha value is -3.80. The molecule has 3 rings (SSSR count). The van der Waals surface area contributed by atoms with Crippen LogP contribution in [-0.4, -0.2) is 25.5 Å². The van der Waals surface area contributed by atoms with Gasteiger partial charge in [0.1, 0.15) is 5.75 Å². The lowest BCUT2D eigenvalue weighted by atomic mass is 9.90. The van der Waals surface area contributed by atoms with Crippen molar-refractivity contribution >= 4 is 17.4 Å². The van der Waals surface area contributed by atoms with E-state index in [1.165, 1.54) is 0 Å². The number of amidine groups is 1. The summed E-state index contributed by atoms with van der Waals surface area (Å²) in [4.78, 5) is 17.4. The molecule has 6 nitrogen and oxygen atoms in total. The molecule has 0 unspecified atom stereocenters. The molecule has 0 aliphatic heterocycles. The zero-order chi connectivity index (χ0) is 20.5. The van der Waals surface area contributed by atoms with E-state index in [4.69, 9.17) is 15.3 Å². The Balaban J connectivity index is 1.69. The van der Waals surface area contributed by atoms with Crippen LogP contribution in [0.3, 0.4) is 0 Å². The molecule has 0 radical (unpaired) electrons. The average Bonchev–Trinajstić information content (AvgIpc) is 2.76. The van der Waals surface area contributed by atoms with Gasteiger partial charge in [-0.2, -0.15) is 0 Å². The Kier molecular flexibility index (Phi) is 6.84. The molecule has 0 saturated carbocycles. The highest BCUT2D eigenvalue weighted by atomic mass is 16.6. The molecule has 3 aromatic carbocycles. The van der Waals surface area contributed by atoms with E-state index in [0.29, 0.717) is 11.4 Å². The third-order valence-electron chi connectivity index (χ3n) is 4.31. The molecule has 0 saturated heterocycles. The van der Waals surface area contributed by atoms with Gasteiger partial charge in [0, 0.05) is 0 Å². The number of nitrogens with two attached hydrogens (primary N) is 1. The van der Waals surface area contributed by atoms with Crippen molar-refractivity contribution in [3.05, 3.63) is 96.1 Å². The number of methoxy groups -OCH3 is 1. The van der Waals surface area contributed by atoms with E-state index in [1.54, 1.807) is 25.3 Å². The van der Waals surface area contributed by atoms with Gasteiger partial charge in [-0.25, -0.2) is 0 Å². The number of hydrogen-bond donors (Lipinski definition) is 2. The summed E-state index contributed by atoms with van der Waals surface area (Å²) in [5.41, 5.74) is 8.78. The van der Waals surface area contributed by atoms with Crippen LogP contribution in [0.5, 0.6) is 5.75 Å². The minimum atomic E-state index is -0.359. The molecule has 148 valence electrons. The maximum Gasteiger partial charge on any atom is 0.265 e. The van der Waals surface area contributed by atoms with Crippen molar-refractivity contribution in [1.29, 1.82) is 0 Å². The van der Waals surface area contributed by atoms with E-state index >= 15 is 0 Å². The monoisotopic (exact) mass is 389 g/mol. The molecule has 0 bridgehead atoms. The number of anilines is 1. The molecular weight excluding hydrogens is 366 g/mol. The highest BCUT2D eigenvalue weighted by Crippen LogP contribution is 2.25. The van der Waals surface area contributed by atoms with Crippen LogP contribution in [0.2, 0.25) is 0 Å². The fourth-order valence-corrected chi connectivity index (χ4v) is 2.98. The second kappa shape index (κ2) is 9.94. The van der Waals surface area contributed by atoms with Gasteiger partial charge in [-0.3, -0.25) is 4.79 Å². The average molecular weight is 389 g/mol. The number of ether oxygens (including phenoxy) is 1. The maximum atomic E-state index is 12.2. The number of carbonyl (C=O) groups excluding carboxylic acids is 1. The highest BCUT2D eigenvalue weighted by Gasteiger charge is 2.19. The fraction of sp³-hybridized carbons (Fsp3) is 0.130. The SMILES string of the molecule is COc1ccccc1NC(=O)CO/N=C(/N)C(c1ccccc1)c1ccccc1. The summed E-state index contributed by atoms with van der Waals surface area (Å²) in [6.45, 7) is -0.269. The van der Waals surface area contributed by atoms with Crippen LogP contribution in [0.25, 0.3) is 0 Å². The number of carbonyl (C=O) groups is 1. The van der Waals surface area contributed by atoms with Crippen LogP contribution in [-0.2, 0) is 9.63 Å². The molecular formula is C23H23N3O3. The van der Waals surface area contributed by atoms with E-state index in [0.717, 1.165) is 11.1 Å². The molecule has 0 spiro atoms. The van der Waals surface area contributed by atoms with Crippen LogP contribution in [0.15, 0.2) is 90.1 Å². The van der Waals surface area contributed by atoms with Gasteiger partial charge >= 0.3 is 0 Å². The second-order valence-electron chi connectivity index (χ2n) is 6.29. The molecule has 0 fully saturated rings. The van der Waals surface area contributed by atoms with Gasteiger partial charge in [-0.05, 0) is 23.3 Å². The molecule has 0 aliphatic carbocycles. The first-order valence-corrected chi connectivity index (χ1v) is 9.17. The molecule has 0 heterocycles. The Morgan fingerprint density at radius 2 is 1.48 bits per heavy atom. The van der Waals surface area contributed by atoms with Crippen LogP contribution < -0.4 is 15.8 Å². The van der Waals surface area contributed by atoms with E-state index in [9.17, 15) is 4.79 Å². The zero-order valence-corrected chi connectivity index (χ0v) is 16.1. The van der Waals surface area contributed by atoms with E-state index in [1.807, 2.05) is 66.7 Å². The molecule has 3 aromatic rings. The number of hydrogen-bond acceptors (Lipinski definition) is 4. The summed E-state index contributed by atoms with van der Waals surface area (Å²) >= 11 is 0. The van der Waals surface area contributed by atoms with Crippen molar-refractivity contribution in [2.24, 2.45) is 10.9 Å². The number of nitrogens with zero attached hydrogens (tertiary/aromatic N) is 1. The Bertz CT molecular complexity index is 920. The molecule has 0 aromatic heterocycles. The van der Waals surface area contributed by atoms with Gasteiger partial charge in [-0.1, -0.05) is 78.0 Å². The first-order valence-electron chi connectivity index (χ1n) is 9.17. The maximum absolute atomic E-state index is 12.2. The predicted molar refractivity (Wildman–Crippen MR) is 114 cm³/mol. The predicted octanol–water partition coefficient (Wildman–Crippen LogP) is 3.75. The second-order valence-corrected chi connectivity index (χ2v) is 6.29. The van der Waals surface area contributed by atoms with Gasteiger partial charge in [-0.15, -0.1) is 0 Å². The first-order chi connectivity index (χ1) is 14.2. The van der Waals surface area contributed by atoms with E-state index in [2.05, 4.69) is 10.5 Å². The van der Waals surface area contributed by atoms with Crippen LogP contribution in [0, 0.1) is 0 Å². The summed E-state index contributed by atoms with van der Waals surface area (Å²) in [6, 6.07) is 26.7. The molecule has 3 N–H and O–H groups in total. The Morgan fingerprint density at radius 1 is 0.931 bits per heavy atom. The van der Waals surface area contributed by atoms with E-state index < -0.39 is 0 Å².